The highest BCUT2D eigenvalue weighted by atomic mass is 19.3. The molecule has 1 aliphatic rings. The van der Waals surface area contributed by atoms with Gasteiger partial charge >= 0.3 is 6.61 Å². The van der Waals surface area contributed by atoms with E-state index in [9.17, 15) is 14.0 Å². The average Bonchev–Trinajstić information content (AvgIpc) is 2.59. The number of nitriles is 1. The van der Waals surface area contributed by atoms with Crippen LogP contribution in [-0.4, -0.2) is 55.9 Å². The number of benzene rings is 1. The number of hydrogen-bond acceptors (Lipinski definition) is 6. The lowest BCUT2D eigenvalue weighted by Crippen LogP contribution is -2.43. The van der Waals surface area contributed by atoms with Gasteiger partial charge in [-0.2, -0.15) is 14.0 Å². The van der Waals surface area contributed by atoms with Crippen LogP contribution in [0.15, 0.2) is 24.4 Å². The first-order valence-electron chi connectivity index (χ1n) is 7.88. The van der Waals surface area contributed by atoms with Crippen LogP contribution < -0.4 is 10.1 Å². The maximum absolute atomic E-state index is 12.5. The molecule has 1 unspecified atom stereocenters. The van der Waals surface area contributed by atoms with E-state index >= 15 is 0 Å². The Kier molecular flexibility index (Phi) is 5.26. The fourth-order valence-corrected chi connectivity index (χ4v) is 2.83. The number of aromatic nitrogens is 1. The Balaban J connectivity index is 1.89. The van der Waals surface area contributed by atoms with Crippen LogP contribution in [0.25, 0.3) is 10.9 Å². The number of rotatable bonds is 5. The van der Waals surface area contributed by atoms with Gasteiger partial charge in [0.2, 0.25) is 0 Å². The zero-order valence-electron chi connectivity index (χ0n) is 13.7. The molecule has 0 saturated carbocycles. The van der Waals surface area contributed by atoms with Crippen molar-refractivity contribution in [1.29, 1.82) is 5.26 Å². The minimum Gasteiger partial charge on any atom is -0.435 e. The fourth-order valence-electron chi connectivity index (χ4n) is 2.83. The molecular formula is C17H18F2N4O2. The predicted molar refractivity (Wildman–Crippen MR) is 88.8 cm³/mol. The van der Waals surface area contributed by atoms with E-state index in [0.29, 0.717) is 35.3 Å². The Morgan fingerprint density at radius 1 is 1.52 bits per heavy atom. The van der Waals surface area contributed by atoms with Gasteiger partial charge in [-0.25, -0.2) is 0 Å². The van der Waals surface area contributed by atoms with Gasteiger partial charge in [0.15, 0.2) is 0 Å². The molecule has 1 N–H and O–H groups in total. The van der Waals surface area contributed by atoms with Crippen LogP contribution in [-0.2, 0) is 4.74 Å². The Labute approximate surface area is 144 Å². The number of nitrogens with zero attached hydrogens (tertiary/aromatic N) is 3. The van der Waals surface area contributed by atoms with Crippen LogP contribution in [0.3, 0.4) is 0 Å². The van der Waals surface area contributed by atoms with Crippen LogP contribution in [0, 0.1) is 11.3 Å². The minimum absolute atomic E-state index is 0.0194. The molecule has 1 aromatic carbocycles. The maximum atomic E-state index is 12.5. The summed E-state index contributed by atoms with van der Waals surface area (Å²) >= 11 is 0. The topological polar surface area (TPSA) is 70.4 Å². The van der Waals surface area contributed by atoms with Crippen molar-refractivity contribution in [2.75, 3.05) is 38.6 Å². The lowest BCUT2D eigenvalue weighted by Gasteiger charge is -2.30. The molecule has 1 aliphatic heterocycles. The zero-order valence-corrected chi connectivity index (χ0v) is 13.7. The second-order valence-corrected chi connectivity index (χ2v) is 5.85. The number of likely N-dealkylation sites (N-methyl/N-ethyl adjacent to an activating group) is 1. The van der Waals surface area contributed by atoms with E-state index in [-0.39, 0.29) is 11.9 Å². The second-order valence-electron chi connectivity index (χ2n) is 5.85. The lowest BCUT2D eigenvalue weighted by atomic mass is 10.1. The molecule has 2 aromatic rings. The third-order valence-corrected chi connectivity index (χ3v) is 4.03. The van der Waals surface area contributed by atoms with Gasteiger partial charge in [0.25, 0.3) is 0 Å². The Morgan fingerprint density at radius 2 is 2.36 bits per heavy atom. The van der Waals surface area contributed by atoms with Gasteiger partial charge in [-0.15, -0.1) is 0 Å². The van der Waals surface area contributed by atoms with Crippen molar-refractivity contribution in [3.05, 3.63) is 30.0 Å². The standard InChI is InChI=1S/C17H18F2N4O2/c1-23-4-5-24-13(10-23)9-22-16-11(7-20)8-21-15-3-2-12(6-14(15)16)25-17(18)19/h2-3,6,8,13,17H,4-5,9-10H2,1H3,(H,21,22). The first kappa shape index (κ1) is 17.3. The lowest BCUT2D eigenvalue weighted by molar-refractivity contribution is -0.0497. The summed E-state index contributed by atoms with van der Waals surface area (Å²) in [6.45, 7) is -0.105. The molecule has 0 amide bonds. The minimum atomic E-state index is -2.91. The van der Waals surface area contributed by atoms with Gasteiger partial charge in [-0.3, -0.25) is 4.98 Å². The first-order chi connectivity index (χ1) is 12.1. The van der Waals surface area contributed by atoms with Crippen LogP contribution in [0.5, 0.6) is 5.75 Å². The van der Waals surface area contributed by atoms with E-state index < -0.39 is 6.61 Å². The van der Waals surface area contributed by atoms with Crippen molar-refractivity contribution >= 4 is 16.6 Å². The van der Waals surface area contributed by atoms with Gasteiger partial charge in [0, 0.05) is 31.2 Å². The van der Waals surface area contributed by atoms with Gasteiger partial charge in [0.1, 0.15) is 11.8 Å². The largest absolute Gasteiger partial charge is 0.435 e. The van der Waals surface area contributed by atoms with Crippen molar-refractivity contribution in [3.8, 4) is 11.8 Å². The number of alkyl halides is 2. The molecule has 25 heavy (non-hydrogen) atoms. The van der Waals surface area contributed by atoms with Crippen molar-refractivity contribution in [2.45, 2.75) is 12.7 Å². The maximum Gasteiger partial charge on any atom is 0.387 e. The molecule has 8 heteroatoms. The monoisotopic (exact) mass is 348 g/mol. The normalized spacial score (nSPS) is 18.3. The molecule has 2 heterocycles. The average molecular weight is 348 g/mol. The van der Waals surface area contributed by atoms with Crippen LogP contribution in [0.2, 0.25) is 0 Å². The second kappa shape index (κ2) is 7.59. The summed E-state index contributed by atoms with van der Waals surface area (Å²) < 4.78 is 35.1. The number of hydrogen-bond donors (Lipinski definition) is 1. The van der Waals surface area contributed by atoms with E-state index in [1.165, 1.54) is 18.3 Å². The van der Waals surface area contributed by atoms with E-state index in [1.54, 1.807) is 6.07 Å². The number of morpholine rings is 1. The molecule has 0 spiro atoms. The van der Waals surface area contributed by atoms with Gasteiger partial charge < -0.3 is 19.7 Å². The molecule has 1 saturated heterocycles. The molecule has 0 aliphatic carbocycles. The van der Waals surface area contributed by atoms with Crippen molar-refractivity contribution < 1.29 is 18.3 Å². The molecule has 1 atom stereocenters. The van der Waals surface area contributed by atoms with Gasteiger partial charge in [-0.1, -0.05) is 0 Å². The molecule has 3 rings (SSSR count). The van der Waals surface area contributed by atoms with E-state index in [0.717, 1.165) is 13.1 Å². The number of halogens is 2. The number of fused-ring (bicyclic) bond motifs is 1. The summed E-state index contributed by atoms with van der Waals surface area (Å²) in [5, 5.41) is 13.1. The fraction of sp³-hybridized carbons (Fsp3) is 0.412. The van der Waals surface area contributed by atoms with Crippen LogP contribution >= 0.6 is 0 Å². The van der Waals surface area contributed by atoms with Gasteiger partial charge in [-0.05, 0) is 25.2 Å². The predicted octanol–water partition coefficient (Wildman–Crippen LogP) is 2.45. The third kappa shape index (κ3) is 4.13. The molecule has 1 fully saturated rings. The smallest absolute Gasteiger partial charge is 0.387 e. The number of anilines is 1. The van der Waals surface area contributed by atoms with E-state index in [1.807, 2.05) is 7.05 Å². The summed E-state index contributed by atoms with van der Waals surface area (Å²) in [5.74, 6) is 0.0242. The third-order valence-electron chi connectivity index (χ3n) is 4.03. The van der Waals surface area contributed by atoms with E-state index in [4.69, 9.17) is 4.74 Å². The van der Waals surface area contributed by atoms with Gasteiger partial charge in [0.05, 0.1) is 29.5 Å². The highest BCUT2D eigenvalue weighted by Gasteiger charge is 2.19. The van der Waals surface area contributed by atoms with Crippen molar-refractivity contribution in [1.82, 2.24) is 9.88 Å². The highest BCUT2D eigenvalue weighted by molar-refractivity contribution is 5.94. The Hall–Kier alpha value is -2.50. The summed E-state index contributed by atoms with van der Waals surface area (Å²) in [6, 6.07) is 6.56. The summed E-state index contributed by atoms with van der Waals surface area (Å²) in [7, 11) is 2.02. The molecular weight excluding hydrogens is 330 g/mol. The Bertz CT molecular complexity index is 794. The first-order valence-corrected chi connectivity index (χ1v) is 7.88. The number of ether oxygens (including phenoxy) is 2. The van der Waals surface area contributed by atoms with Crippen LogP contribution in [0.4, 0.5) is 14.5 Å². The number of nitrogens with one attached hydrogen (secondary N) is 1. The highest BCUT2D eigenvalue weighted by Crippen LogP contribution is 2.29. The van der Waals surface area contributed by atoms with E-state index in [2.05, 4.69) is 26.0 Å². The molecule has 0 bridgehead atoms. The summed E-state index contributed by atoms with van der Waals surface area (Å²) in [4.78, 5) is 6.36. The quantitative estimate of drug-likeness (QED) is 0.895. The van der Waals surface area contributed by atoms with Crippen molar-refractivity contribution in [3.63, 3.8) is 0 Å². The molecule has 132 valence electrons. The van der Waals surface area contributed by atoms with Crippen LogP contribution in [0.1, 0.15) is 5.56 Å². The zero-order chi connectivity index (χ0) is 17.8. The summed E-state index contributed by atoms with van der Waals surface area (Å²) in [6.07, 6.45) is 1.45. The number of pyridine rings is 1. The molecule has 6 nitrogen and oxygen atoms in total. The molecule has 1 aromatic heterocycles. The SMILES string of the molecule is CN1CCOC(CNc2c(C#N)cnc3ccc(OC(F)F)cc23)C1. The Morgan fingerprint density at radius 3 is 3.08 bits per heavy atom. The van der Waals surface area contributed by atoms with Crippen molar-refractivity contribution in [2.24, 2.45) is 0 Å². The molecule has 0 radical (unpaired) electrons. The summed E-state index contributed by atoms with van der Waals surface area (Å²) in [5.41, 5.74) is 1.47.